The minimum Gasteiger partial charge on any atom is -0.481 e. The third kappa shape index (κ3) is 3.30. The average molecular weight is 435 g/mol. The third-order valence-corrected chi connectivity index (χ3v) is 7.96. The van der Waals surface area contributed by atoms with Crippen LogP contribution < -0.4 is 0 Å². The molecule has 3 saturated heterocycles. The predicted molar refractivity (Wildman–Crippen MR) is 112 cm³/mol. The number of fused-ring (bicyclic) bond motifs is 1. The molecule has 8 heteroatoms. The van der Waals surface area contributed by atoms with E-state index >= 15 is 0 Å². The van der Waals surface area contributed by atoms with Gasteiger partial charge in [-0.05, 0) is 39.0 Å². The summed E-state index contributed by atoms with van der Waals surface area (Å²) in [6, 6.07) is -0.765. The minimum atomic E-state index is -1.12. The molecule has 4 aliphatic rings. The number of aliphatic hydroxyl groups is 1. The van der Waals surface area contributed by atoms with E-state index in [1.807, 2.05) is 4.90 Å². The third-order valence-electron chi connectivity index (χ3n) is 7.96. The van der Waals surface area contributed by atoms with Gasteiger partial charge in [0, 0.05) is 25.7 Å². The van der Waals surface area contributed by atoms with Gasteiger partial charge in [0.1, 0.15) is 11.6 Å². The first-order chi connectivity index (χ1) is 14.8. The molecule has 0 aromatic carbocycles. The molecule has 2 unspecified atom stereocenters. The van der Waals surface area contributed by atoms with Crippen LogP contribution in [0.3, 0.4) is 0 Å². The van der Waals surface area contributed by atoms with Gasteiger partial charge < -0.3 is 24.7 Å². The summed E-state index contributed by atoms with van der Waals surface area (Å²) in [5.74, 6) is -3.38. The lowest BCUT2D eigenvalue weighted by atomic mass is 9.66. The van der Waals surface area contributed by atoms with E-state index in [1.54, 1.807) is 13.0 Å². The highest BCUT2D eigenvalue weighted by Gasteiger charge is 2.78. The van der Waals surface area contributed by atoms with E-state index in [0.29, 0.717) is 25.8 Å². The lowest BCUT2D eigenvalue weighted by molar-refractivity contribution is -0.157. The molecule has 4 fully saturated rings. The van der Waals surface area contributed by atoms with Gasteiger partial charge in [-0.2, -0.15) is 0 Å². The van der Waals surface area contributed by atoms with Crippen LogP contribution in [-0.4, -0.2) is 80.8 Å². The summed E-state index contributed by atoms with van der Waals surface area (Å²) in [6.07, 6.45) is 8.17. The molecule has 1 spiro atoms. The largest absolute Gasteiger partial charge is 0.481 e. The Morgan fingerprint density at radius 1 is 1.29 bits per heavy atom. The number of rotatable bonds is 8. The number of hydrogen-bond acceptors (Lipinski definition) is 5. The lowest BCUT2D eigenvalue weighted by Gasteiger charge is -2.40. The Morgan fingerprint density at radius 2 is 2.00 bits per heavy atom. The number of nitrogens with zero attached hydrogens (tertiary/aromatic N) is 2. The Labute approximate surface area is 183 Å². The summed E-state index contributed by atoms with van der Waals surface area (Å²) in [6.45, 7) is 6.08. The molecule has 3 heterocycles. The molecule has 4 rings (SSSR count). The van der Waals surface area contributed by atoms with Gasteiger partial charge in [0.25, 0.3) is 0 Å². The molecular formula is C23H34N2O6. The van der Waals surface area contributed by atoms with E-state index in [4.69, 9.17) is 4.74 Å². The Morgan fingerprint density at radius 3 is 2.61 bits per heavy atom. The van der Waals surface area contributed by atoms with Gasteiger partial charge in [0.05, 0.1) is 17.4 Å². The Hall–Kier alpha value is -1.93. The monoisotopic (exact) mass is 434 g/mol. The topological polar surface area (TPSA) is 107 Å². The minimum absolute atomic E-state index is 0.0916. The number of aliphatic hydroxyl groups excluding tert-OH is 1. The van der Waals surface area contributed by atoms with Crippen LogP contribution in [0.1, 0.15) is 58.3 Å². The van der Waals surface area contributed by atoms with Gasteiger partial charge >= 0.3 is 5.97 Å². The van der Waals surface area contributed by atoms with E-state index in [1.165, 1.54) is 4.90 Å². The maximum Gasteiger partial charge on any atom is 0.310 e. The fourth-order valence-corrected chi connectivity index (χ4v) is 6.67. The number of carboxylic acids is 1. The molecule has 5 atom stereocenters. The van der Waals surface area contributed by atoms with E-state index < -0.39 is 35.0 Å². The summed E-state index contributed by atoms with van der Waals surface area (Å²) < 4.78 is 6.40. The van der Waals surface area contributed by atoms with Crippen molar-refractivity contribution in [2.24, 2.45) is 11.8 Å². The van der Waals surface area contributed by atoms with Crippen molar-refractivity contribution in [3.05, 3.63) is 12.7 Å². The van der Waals surface area contributed by atoms with Crippen molar-refractivity contribution >= 4 is 17.8 Å². The second-order valence-electron chi connectivity index (χ2n) is 9.75. The molecular weight excluding hydrogens is 400 g/mol. The highest BCUT2D eigenvalue weighted by Crippen LogP contribution is 2.63. The number of hydrogen-bond donors (Lipinski definition) is 2. The van der Waals surface area contributed by atoms with E-state index in [2.05, 4.69) is 6.58 Å². The number of carbonyl (C=O) groups excluding carboxylic acids is 2. The summed E-state index contributed by atoms with van der Waals surface area (Å²) in [4.78, 5) is 43.1. The first-order valence-electron chi connectivity index (χ1n) is 11.6. The highest BCUT2D eigenvalue weighted by molar-refractivity contribution is 5.98. The summed E-state index contributed by atoms with van der Waals surface area (Å²) >= 11 is 0. The van der Waals surface area contributed by atoms with Crippen LogP contribution >= 0.6 is 0 Å². The first kappa shape index (κ1) is 22.3. The number of likely N-dealkylation sites (tertiary alicyclic amines) is 1. The maximum absolute atomic E-state index is 14.1. The van der Waals surface area contributed by atoms with E-state index in [9.17, 15) is 24.6 Å². The predicted octanol–water partition coefficient (Wildman–Crippen LogP) is 1.57. The fraction of sp³-hybridized carbons (Fsp3) is 0.783. The molecule has 8 nitrogen and oxygen atoms in total. The molecule has 172 valence electrons. The standard InChI is InChI=1S/C23H34N2O6/c1-3-12-24(15-8-5-4-6-9-15)20(28)18-23-11-10-22(2,31-23)17(21(29)30)16(23)19(27)25(18)13-7-14-26/h3,15-18,26H,1,4-14H2,2H3,(H,29,30)/t16-,17-,18?,22+,23?/m0/s1. The molecule has 0 radical (unpaired) electrons. The molecule has 2 bridgehead atoms. The summed E-state index contributed by atoms with van der Waals surface area (Å²) in [5.41, 5.74) is -2.06. The molecule has 0 aromatic heterocycles. The number of aliphatic carboxylic acids is 1. The van der Waals surface area contributed by atoms with Crippen LogP contribution in [0, 0.1) is 11.8 Å². The second kappa shape index (κ2) is 8.20. The van der Waals surface area contributed by atoms with Crippen LogP contribution in [-0.2, 0) is 19.1 Å². The number of carboxylic acid groups (broad SMARTS) is 1. The molecule has 31 heavy (non-hydrogen) atoms. The summed E-state index contributed by atoms with van der Waals surface area (Å²) in [5, 5.41) is 19.3. The molecule has 2 amide bonds. The van der Waals surface area contributed by atoms with Crippen molar-refractivity contribution in [1.82, 2.24) is 9.80 Å². The molecule has 3 aliphatic heterocycles. The fourth-order valence-electron chi connectivity index (χ4n) is 6.67. The SMILES string of the molecule is C=CCN(C(=O)C1N(CCCO)C(=O)[C@@H]2[C@@H](C(=O)O)[C@@]3(C)CCC12O3)C1CCCCC1. The van der Waals surface area contributed by atoms with Gasteiger partial charge in [0.2, 0.25) is 11.8 Å². The van der Waals surface area contributed by atoms with E-state index in [0.717, 1.165) is 32.1 Å². The molecule has 2 N–H and O–H groups in total. The number of amides is 2. The van der Waals surface area contributed by atoms with Crippen molar-refractivity contribution in [1.29, 1.82) is 0 Å². The van der Waals surface area contributed by atoms with Crippen LogP contribution in [0.25, 0.3) is 0 Å². The zero-order valence-electron chi connectivity index (χ0n) is 18.3. The van der Waals surface area contributed by atoms with Gasteiger partial charge in [-0.1, -0.05) is 25.3 Å². The Kier molecular flexibility index (Phi) is 5.89. The number of ether oxygens (including phenoxy) is 1. The molecule has 1 saturated carbocycles. The Bertz CT molecular complexity index is 765. The van der Waals surface area contributed by atoms with Gasteiger partial charge in [-0.25, -0.2) is 0 Å². The zero-order chi connectivity index (χ0) is 22.4. The van der Waals surface area contributed by atoms with Crippen LogP contribution in [0.2, 0.25) is 0 Å². The van der Waals surface area contributed by atoms with Gasteiger partial charge in [-0.15, -0.1) is 6.58 Å². The smallest absolute Gasteiger partial charge is 0.310 e. The van der Waals surface area contributed by atoms with Crippen molar-refractivity contribution in [2.45, 2.75) is 81.6 Å². The number of carbonyl (C=O) groups is 3. The lowest BCUT2D eigenvalue weighted by Crippen LogP contribution is -2.58. The molecule has 1 aliphatic carbocycles. The van der Waals surface area contributed by atoms with Crippen molar-refractivity contribution < 1.29 is 29.3 Å². The van der Waals surface area contributed by atoms with Crippen LogP contribution in [0.5, 0.6) is 0 Å². The Balaban J connectivity index is 1.74. The highest BCUT2D eigenvalue weighted by atomic mass is 16.5. The van der Waals surface area contributed by atoms with Gasteiger partial charge in [0.15, 0.2) is 0 Å². The molecule has 0 aromatic rings. The quantitative estimate of drug-likeness (QED) is 0.562. The normalized spacial score (nSPS) is 37.2. The second-order valence-corrected chi connectivity index (χ2v) is 9.75. The van der Waals surface area contributed by atoms with Crippen molar-refractivity contribution in [3.8, 4) is 0 Å². The van der Waals surface area contributed by atoms with Crippen molar-refractivity contribution in [2.75, 3.05) is 19.7 Å². The maximum atomic E-state index is 14.1. The summed E-state index contributed by atoms with van der Waals surface area (Å²) in [7, 11) is 0. The zero-order valence-corrected chi connectivity index (χ0v) is 18.3. The van der Waals surface area contributed by atoms with Crippen LogP contribution in [0.4, 0.5) is 0 Å². The first-order valence-corrected chi connectivity index (χ1v) is 11.6. The van der Waals surface area contributed by atoms with Crippen molar-refractivity contribution in [3.63, 3.8) is 0 Å². The van der Waals surface area contributed by atoms with Gasteiger partial charge in [-0.3, -0.25) is 14.4 Å². The average Bonchev–Trinajstić information content (AvgIpc) is 3.31. The van der Waals surface area contributed by atoms with Crippen LogP contribution in [0.15, 0.2) is 12.7 Å². The van der Waals surface area contributed by atoms with E-state index in [-0.39, 0.29) is 31.0 Å².